The van der Waals surface area contributed by atoms with Gasteiger partial charge in [-0.25, -0.2) is 12.8 Å². The summed E-state index contributed by atoms with van der Waals surface area (Å²) in [6.07, 6.45) is 0.500. The fourth-order valence-corrected chi connectivity index (χ4v) is 5.04. The summed E-state index contributed by atoms with van der Waals surface area (Å²) in [4.78, 5) is 9.08. The van der Waals surface area contributed by atoms with Crippen LogP contribution >= 0.6 is 0 Å². The van der Waals surface area contributed by atoms with E-state index in [-0.39, 0.29) is 17.3 Å². The van der Waals surface area contributed by atoms with Crippen molar-refractivity contribution in [3.63, 3.8) is 0 Å². The van der Waals surface area contributed by atoms with Crippen LogP contribution in [0.5, 0.6) is 0 Å². The normalized spacial score (nSPS) is 15.2. The third-order valence-corrected chi connectivity index (χ3v) is 6.89. The van der Waals surface area contributed by atoms with Crippen LogP contribution in [0.1, 0.15) is 18.9 Å². The first-order valence-corrected chi connectivity index (χ1v) is 12.6. The molecule has 31 heavy (non-hydrogen) atoms. The molecule has 0 atom stereocenters. The molecule has 0 radical (unpaired) electrons. The quantitative estimate of drug-likeness (QED) is 0.384. The van der Waals surface area contributed by atoms with E-state index in [1.54, 1.807) is 12.1 Å². The lowest BCUT2D eigenvalue weighted by atomic mass is 10.2. The van der Waals surface area contributed by atoms with Crippen molar-refractivity contribution >= 4 is 21.5 Å². The Balaban J connectivity index is 1.49. The van der Waals surface area contributed by atoms with Crippen molar-refractivity contribution in [2.75, 3.05) is 49.9 Å². The third kappa shape index (κ3) is 7.24. The summed E-state index contributed by atoms with van der Waals surface area (Å²) >= 11 is 0. The van der Waals surface area contributed by atoms with Crippen LogP contribution in [0.4, 0.5) is 10.1 Å². The molecule has 0 unspecified atom stereocenters. The minimum atomic E-state index is -3.15. The summed E-state index contributed by atoms with van der Waals surface area (Å²) in [7, 11) is -3.15. The highest BCUT2D eigenvalue weighted by Gasteiger charge is 2.20. The van der Waals surface area contributed by atoms with E-state index in [4.69, 9.17) is 0 Å². The standard InChI is InChI=1S/C23H31FN4O2S/c1-2-25-23(26-13-6-18-31(29,30)19-20-7-4-3-5-8-20)28-16-14-27(15-17-28)22-11-9-21(24)10-12-22/h3-5,7-12H,2,6,13-19H2,1H3,(H,25,26). The van der Waals surface area contributed by atoms with Gasteiger partial charge in [0, 0.05) is 45.0 Å². The molecule has 168 valence electrons. The maximum Gasteiger partial charge on any atom is 0.194 e. The average Bonchev–Trinajstić information content (AvgIpc) is 2.77. The number of anilines is 1. The summed E-state index contributed by atoms with van der Waals surface area (Å²) in [5, 5.41) is 3.31. The molecule has 0 bridgehead atoms. The van der Waals surface area contributed by atoms with Crippen LogP contribution in [-0.2, 0) is 15.6 Å². The van der Waals surface area contributed by atoms with E-state index in [1.165, 1.54) is 12.1 Å². The zero-order valence-corrected chi connectivity index (χ0v) is 18.8. The zero-order chi connectivity index (χ0) is 22.1. The second-order valence-corrected chi connectivity index (χ2v) is 9.80. The van der Waals surface area contributed by atoms with Crippen molar-refractivity contribution in [1.82, 2.24) is 10.2 Å². The van der Waals surface area contributed by atoms with Crippen LogP contribution in [0, 0.1) is 5.82 Å². The lowest BCUT2D eigenvalue weighted by Crippen LogP contribution is -2.52. The fraction of sp³-hybridized carbons (Fsp3) is 0.435. The van der Waals surface area contributed by atoms with E-state index >= 15 is 0 Å². The van der Waals surface area contributed by atoms with Gasteiger partial charge in [0.25, 0.3) is 0 Å². The lowest BCUT2D eigenvalue weighted by Gasteiger charge is -2.37. The van der Waals surface area contributed by atoms with Crippen molar-refractivity contribution in [2.24, 2.45) is 4.99 Å². The summed E-state index contributed by atoms with van der Waals surface area (Å²) in [5.41, 5.74) is 1.84. The highest BCUT2D eigenvalue weighted by atomic mass is 32.2. The van der Waals surface area contributed by atoms with Crippen molar-refractivity contribution in [3.05, 3.63) is 66.0 Å². The first-order chi connectivity index (χ1) is 15.0. The van der Waals surface area contributed by atoms with Crippen LogP contribution in [0.3, 0.4) is 0 Å². The maximum absolute atomic E-state index is 13.1. The summed E-state index contributed by atoms with van der Waals surface area (Å²) in [5.74, 6) is 0.794. The minimum absolute atomic E-state index is 0.0724. The molecule has 1 fully saturated rings. The molecule has 1 saturated heterocycles. The molecule has 0 aliphatic carbocycles. The Kier molecular flexibility index (Phi) is 8.28. The number of halogens is 1. The molecule has 6 nitrogen and oxygen atoms in total. The third-order valence-electron chi connectivity index (χ3n) is 5.21. The predicted octanol–water partition coefficient (Wildman–Crippen LogP) is 2.92. The fourth-order valence-electron chi connectivity index (χ4n) is 3.62. The Morgan fingerprint density at radius 3 is 2.35 bits per heavy atom. The van der Waals surface area contributed by atoms with Gasteiger partial charge in [-0.2, -0.15) is 0 Å². The SMILES string of the molecule is CCNC(=NCCCS(=O)(=O)Cc1ccccc1)N1CCN(c2ccc(F)cc2)CC1. The van der Waals surface area contributed by atoms with Gasteiger partial charge in [0.2, 0.25) is 0 Å². The van der Waals surface area contributed by atoms with Crippen LogP contribution in [0.25, 0.3) is 0 Å². The number of aliphatic imine (C=N–C) groups is 1. The number of sulfone groups is 1. The smallest absolute Gasteiger partial charge is 0.194 e. The average molecular weight is 447 g/mol. The molecule has 2 aromatic carbocycles. The Morgan fingerprint density at radius 2 is 1.71 bits per heavy atom. The summed E-state index contributed by atoms with van der Waals surface area (Å²) in [6.45, 7) is 6.49. The second-order valence-electron chi connectivity index (χ2n) is 7.62. The highest BCUT2D eigenvalue weighted by Crippen LogP contribution is 2.17. The van der Waals surface area contributed by atoms with Gasteiger partial charge < -0.3 is 15.1 Å². The van der Waals surface area contributed by atoms with Gasteiger partial charge in [-0.05, 0) is 43.2 Å². The maximum atomic E-state index is 13.1. The molecule has 1 N–H and O–H groups in total. The minimum Gasteiger partial charge on any atom is -0.368 e. The Hall–Kier alpha value is -2.61. The lowest BCUT2D eigenvalue weighted by molar-refractivity contribution is 0.372. The number of nitrogens with one attached hydrogen (secondary N) is 1. The first-order valence-electron chi connectivity index (χ1n) is 10.7. The van der Waals surface area contributed by atoms with E-state index in [9.17, 15) is 12.8 Å². The van der Waals surface area contributed by atoms with Crippen molar-refractivity contribution < 1.29 is 12.8 Å². The van der Waals surface area contributed by atoms with E-state index in [0.29, 0.717) is 13.0 Å². The molecule has 0 saturated carbocycles. The van der Waals surface area contributed by atoms with E-state index in [0.717, 1.165) is 49.9 Å². The van der Waals surface area contributed by atoms with E-state index < -0.39 is 9.84 Å². The molecule has 2 aromatic rings. The summed E-state index contributed by atoms with van der Waals surface area (Å²) < 4.78 is 37.9. The predicted molar refractivity (Wildman–Crippen MR) is 125 cm³/mol. The van der Waals surface area contributed by atoms with E-state index in [1.807, 2.05) is 37.3 Å². The van der Waals surface area contributed by atoms with Crippen LogP contribution < -0.4 is 10.2 Å². The van der Waals surface area contributed by atoms with Gasteiger partial charge in [0.1, 0.15) is 5.82 Å². The van der Waals surface area contributed by atoms with Gasteiger partial charge >= 0.3 is 0 Å². The molecule has 0 aromatic heterocycles. The van der Waals surface area contributed by atoms with Crippen molar-refractivity contribution in [3.8, 4) is 0 Å². The zero-order valence-electron chi connectivity index (χ0n) is 18.0. The molecule has 0 amide bonds. The monoisotopic (exact) mass is 446 g/mol. The van der Waals surface area contributed by atoms with Gasteiger partial charge in [-0.15, -0.1) is 0 Å². The number of piperazine rings is 1. The highest BCUT2D eigenvalue weighted by molar-refractivity contribution is 7.90. The number of hydrogen-bond donors (Lipinski definition) is 1. The molecule has 1 heterocycles. The first kappa shape index (κ1) is 23.1. The number of rotatable bonds is 8. The molecule has 1 aliphatic heterocycles. The molecular weight excluding hydrogens is 415 g/mol. The number of benzene rings is 2. The molecule has 3 rings (SSSR count). The summed E-state index contributed by atoms with van der Waals surface area (Å²) in [6, 6.07) is 15.8. The number of guanidine groups is 1. The van der Waals surface area contributed by atoms with Crippen LogP contribution in [0.2, 0.25) is 0 Å². The van der Waals surface area contributed by atoms with Crippen molar-refractivity contribution in [2.45, 2.75) is 19.1 Å². The Morgan fingerprint density at radius 1 is 1.03 bits per heavy atom. The van der Waals surface area contributed by atoms with Crippen LogP contribution in [-0.4, -0.2) is 64.3 Å². The number of hydrogen-bond acceptors (Lipinski definition) is 4. The topological polar surface area (TPSA) is 65.0 Å². The van der Waals surface area contributed by atoms with Gasteiger partial charge in [-0.3, -0.25) is 4.99 Å². The molecule has 1 aliphatic rings. The largest absolute Gasteiger partial charge is 0.368 e. The van der Waals surface area contributed by atoms with E-state index in [2.05, 4.69) is 20.1 Å². The Bertz CT molecular complexity index is 941. The number of nitrogens with zero attached hydrogens (tertiary/aromatic N) is 3. The second kappa shape index (κ2) is 11.1. The van der Waals surface area contributed by atoms with Crippen molar-refractivity contribution in [1.29, 1.82) is 0 Å². The molecule has 0 spiro atoms. The molecular formula is C23H31FN4O2S. The van der Waals surface area contributed by atoms with Gasteiger partial charge in [0.05, 0.1) is 11.5 Å². The Labute approximate surface area is 184 Å². The van der Waals surface area contributed by atoms with Gasteiger partial charge in [-0.1, -0.05) is 30.3 Å². The van der Waals surface area contributed by atoms with Crippen LogP contribution in [0.15, 0.2) is 59.6 Å². The van der Waals surface area contributed by atoms with Gasteiger partial charge in [0.15, 0.2) is 15.8 Å². The molecule has 8 heteroatoms.